The first-order chi connectivity index (χ1) is 4.91. The second-order valence-corrected chi connectivity index (χ2v) is 4.38. The van der Waals surface area contributed by atoms with Crippen molar-refractivity contribution in [3.8, 4) is 0 Å². The predicted octanol–water partition coefficient (Wildman–Crippen LogP) is 3.69. The average molecular weight is 225 g/mol. The fraction of sp³-hybridized carbons (Fsp3) is 1.00. The molecular formula is C8H17BrS. The van der Waals surface area contributed by atoms with Gasteiger partial charge < -0.3 is 0 Å². The van der Waals surface area contributed by atoms with Crippen LogP contribution in [0, 0.1) is 0 Å². The summed E-state index contributed by atoms with van der Waals surface area (Å²) >= 11 is 5.52. The first kappa shape index (κ1) is 10.8. The molecule has 0 saturated carbocycles. The summed E-state index contributed by atoms with van der Waals surface area (Å²) < 4.78 is 0. The van der Waals surface area contributed by atoms with Crippen LogP contribution in [0.3, 0.4) is 0 Å². The zero-order chi connectivity index (χ0) is 7.66. The average Bonchev–Trinajstić information content (AvgIpc) is 1.97. The van der Waals surface area contributed by atoms with E-state index in [0.29, 0.717) is 0 Å². The molecule has 0 rings (SSSR count). The zero-order valence-corrected chi connectivity index (χ0v) is 9.14. The number of unbranched alkanes of at least 4 members (excludes halogenated alkanes) is 2. The number of hydrogen-bond donors (Lipinski definition) is 0. The largest absolute Gasteiger partial charge is 0.162 e. The summed E-state index contributed by atoms with van der Waals surface area (Å²) in [5.74, 6) is 2.71. The number of rotatable bonds is 7. The zero-order valence-electron chi connectivity index (χ0n) is 6.74. The van der Waals surface area contributed by atoms with Crippen molar-refractivity contribution < 1.29 is 0 Å². The molecule has 0 spiro atoms. The van der Waals surface area contributed by atoms with Crippen molar-refractivity contribution in [3.63, 3.8) is 0 Å². The predicted molar refractivity (Wildman–Crippen MR) is 55.3 cm³/mol. The van der Waals surface area contributed by atoms with Gasteiger partial charge in [-0.3, -0.25) is 0 Å². The minimum atomic E-state index is 1.17. The summed E-state index contributed by atoms with van der Waals surface area (Å²) in [5.41, 5.74) is 0. The van der Waals surface area contributed by atoms with E-state index in [1.54, 1.807) is 0 Å². The molecule has 0 N–H and O–H groups in total. The van der Waals surface area contributed by atoms with E-state index < -0.39 is 0 Å². The fourth-order valence-corrected chi connectivity index (χ4v) is 2.15. The summed E-state index contributed by atoms with van der Waals surface area (Å²) in [7, 11) is 0. The van der Waals surface area contributed by atoms with Gasteiger partial charge in [-0.05, 0) is 30.8 Å². The lowest BCUT2D eigenvalue weighted by atomic mass is 10.4. The monoisotopic (exact) mass is 224 g/mol. The lowest BCUT2D eigenvalue weighted by Gasteiger charge is -1.97. The van der Waals surface area contributed by atoms with Gasteiger partial charge in [0.25, 0.3) is 0 Å². The number of hydrogen-bond acceptors (Lipinski definition) is 1. The van der Waals surface area contributed by atoms with Crippen molar-refractivity contribution >= 4 is 27.7 Å². The van der Waals surface area contributed by atoms with Crippen molar-refractivity contribution in [2.45, 2.75) is 32.6 Å². The summed E-state index contributed by atoms with van der Waals surface area (Å²) in [5, 5.41) is 1.17. The first-order valence-electron chi connectivity index (χ1n) is 4.05. The first-order valence-corrected chi connectivity index (χ1v) is 6.33. The maximum absolute atomic E-state index is 3.42. The molecule has 0 saturated heterocycles. The molecule has 62 valence electrons. The molecule has 0 aromatic heterocycles. The Morgan fingerprint density at radius 3 is 2.40 bits per heavy atom. The molecule has 0 bridgehead atoms. The van der Waals surface area contributed by atoms with Gasteiger partial charge in [-0.25, -0.2) is 0 Å². The smallest absolute Gasteiger partial charge is 0.00315 e. The van der Waals surface area contributed by atoms with E-state index >= 15 is 0 Å². The number of thioether (sulfide) groups is 1. The molecule has 0 unspecified atom stereocenters. The molecule has 0 radical (unpaired) electrons. The highest BCUT2D eigenvalue weighted by Crippen LogP contribution is 2.07. The van der Waals surface area contributed by atoms with Crippen molar-refractivity contribution in [1.29, 1.82) is 0 Å². The second kappa shape index (κ2) is 9.83. The molecule has 0 aliphatic rings. The molecule has 0 aliphatic heterocycles. The maximum atomic E-state index is 3.42. The van der Waals surface area contributed by atoms with E-state index in [-0.39, 0.29) is 0 Å². The van der Waals surface area contributed by atoms with Gasteiger partial charge in [0.1, 0.15) is 0 Å². The Kier molecular flexibility index (Phi) is 10.6. The van der Waals surface area contributed by atoms with Crippen LogP contribution in [0.1, 0.15) is 32.6 Å². The van der Waals surface area contributed by atoms with E-state index in [2.05, 4.69) is 34.6 Å². The topological polar surface area (TPSA) is 0 Å². The Labute approximate surface area is 77.3 Å². The highest BCUT2D eigenvalue weighted by Gasteiger charge is 1.87. The van der Waals surface area contributed by atoms with E-state index in [1.165, 1.54) is 42.5 Å². The van der Waals surface area contributed by atoms with Crippen LogP contribution in [0.2, 0.25) is 0 Å². The van der Waals surface area contributed by atoms with Gasteiger partial charge in [0, 0.05) is 5.33 Å². The minimum Gasteiger partial charge on any atom is -0.162 e. The Morgan fingerprint density at radius 2 is 1.80 bits per heavy atom. The minimum absolute atomic E-state index is 1.17. The van der Waals surface area contributed by atoms with E-state index in [0.717, 1.165) is 0 Å². The van der Waals surface area contributed by atoms with Crippen LogP contribution in [-0.2, 0) is 0 Å². The molecule has 2 heteroatoms. The SMILES string of the molecule is CCCCSCCCCBr. The lowest BCUT2D eigenvalue weighted by molar-refractivity contribution is 0.885. The highest BCUT2D eigenvalue weighted by molar-refractivity contribution is 9.09. The van der Waals surface area contributed by atoms with E-state index in [9.17, 15) is 0 Å². The molecule has 0 nitrogen and oxygen atoms in total. The van der Waals surface area contributed by atoms with Gasteiger partial charge in [0.05, 0.1) is 0 Å². The van der Waals surface area contributed by atoms with Crippen LogP contribution in [-0.4, -0.2) is 16.8 Å². The molecule has 0 aliphatic carbocycles. The molecule has 10 heavy (non-hydrogen) atoms. The van der Waals surface area contributed by atoms with Crippen LogP contribution in [0.4, 0.5) is 0 Å². The summed E-state index contributed by atoms with van der Waals surface area (Å²) in [6.45, 7) is 2.25. The summed E-state index contributed by atoms with van der Waals surface area (Å²) in [6, 6.07) is 0. The molecule has 0 fully saturated rings. The van der Waals surface area contributed by atoms with Crippen LogP contribution in [0.5, 0.6) is 0 Å². The molecule has 0 aromatic carbocycles. The number of alkyl halides is 1. The summed E-state index contributed by atoms with van der Waals surface area (Å²) in [4.78, 5) is 0. The van der Waals surface area contributed by atoms with Gasteiger partial charge in [0.15, 0.2) is 0 Å². The standard InChI is InChI=1S/C8H17BrS/c1-2-3-7-10-8-5-4-6-9/h2-8H2,1H3. The van der Waals surface area contributed by atoms with Gasteiger partial charge in [0.2, 0.25) is 0 Å². The molecular weight excluding hydrogens is 208 g/mol. The lowest BCUT2D eigenvalue weighted by Crippen LogP contribution is -1.84. The van der Waals surface area contributed by atoms with Crippen LogP contribution < -0.4 is 0 Å². The molecule has 0 atom stereocenters. The van der Waals surface area contributed by atoms with Crippen LogP contribution in [0.15, 0.2) is 0 Å². The second-order valence-electron chi connectivity index (χ2n) is 2.36. The molecule has 0 aromatic rings. The van der Waals surface area contributed by atoms with Gasteiger partial charge in [-0.15, -0.1) is 0 Å². The third-order valence-electron chi connectivity index (χ3n) is 1.31. The Morgan fingerprint density at radius 1 is 1.10 bits per heavy atom. The van der Waals surface area contributed by atoms with Crippen molar-refractivity contribution in [3.05, 3.63) is 0 Å². The number of halogens is 1. The Hall–Kier alpha value is 0.830. The van der Waals surface area contributed by atoms with Crippen molar-refractivity contribution in [1.82, 2.24) is 0 Å². The van der Waals surface area contributed by atoms with Crippen LogP contribution >= 0.6 is 27.7 Å². The van der Waals surface area contributed by atoms with Crippen LogP contribution in [0.25, 0.3) is 0 Å². The third-order valence-corrected chi connectivity index (χ3v) is 3.03. The van der Waals surface area contributed by atoms with Gasteiger partial charge >= 0.3 is 0 Å². The van der Waals surface area contributed by atoms with E-state index in [4.69, 9.17) is 0 Å². The molecule has 0 amide bonds. The summed E-state index contributed by atoms with van der Waals surface area (Å²) in [6.07, 6.45) is 5.43. The Bertz CT molecular complexity index is 49.2. The molecule has 0 heterocycles. The normalized spacial score (nSPS) is 10.2. The Balaban J connectivity index is 2.65. The van der Waals surface area contributed by atoms with Crippen molar-refractivity contribution in [2.24, 2.45) is 0 Å². The third kappa shape index (κ3) is 8.83. The van der Waals surface area contributed by atoms with E-state index in [1.807, 2.05) is 0 Å². The van der Waals surface area contributed by atoms with Gasteiger partial charge in [-0.1, -0.05) is 29.3 Å². The quantitative estimate of drug-likeness (QED) is 0.470. The van der Waals surface area contributed by atoms with Gasteiger partial charge in [-0.2, -0.15) is 11.8 Å². The van der Waals surface area contributed by atoms with Crippen molar-refractivity contribution in [2.75, 3.05) is 16.8 Å². The highest BCUT2D eigenvalue weighted by atomic mass is 79.9. The fourth-order valence-electron chi connectivity index (χ4n) is 0.647. The maximum Gasteiger partial charge on any atom is 0.00315 e.